The monoisotopic (exact) mass is 265 g/mol. The van der Waals surface area contributed by atoms with Gasteiger partial charge in [0.1, 0.15) is 0 Å². The van der Waals surface area contributed by atoms with Crippen molar-refractivity contribution < 1.29 is 0 Å². The van der Waals surface area contributed by atoms with Crippen LogP contribution in [0.15, 0.2) is 53.5 Å². The van der Waals surface area contributed by atoms with Crippen LogP contribution in [0.3, 0.4) is 0 Å². The maximum absolute atomic E-state index is 6.09. The van der Waals surface area contributed by atoms with Gasteiger partial charge in [-0.15, -0.1) is 0 Å². The lowest BCUT2D eigenvalue weighted by molar-refractivity contribution is 0.768. The third-order valence-electron chi connectivity index (χ3n) is 3.72. The highest BCUT2D eigenvalue weighted by atomic mass is 15.3. The molecule has 2 N–H and O–H groups in total. The minimum Gasteiger partial charge on any atom is -0.369 e. The Hall–Kier alpha value is -2.29. The zero-order chi connectivity index (χ0) is 14.1. The molecule has 0 aromatic heterocycles. The van der Waals surface area contributed by atoms with Gasteiger partial charge in [-0.3, -0.25) is 4.99 Å². The van der Waals surface area contributed by atoms with E-state index in [4.69, 9.17) is 5.73 Å². The van der Waals surface area contributed by atoms with Crippen LogP contribution >= 0.6 is 0 Å². The first-order chi connectivity index (χ1) is 9.65. The molecule has 1 aliphatic rings. The van der Waals surface area contributed by atoms with E-state index < -0.39 is 0 Å². The number of nitrogens with two attached hydrogens (primary N) is 1. The number of aliphatic imine (C=N–C) groups is 1. The summed E-state index contributed by atoms with van der Waals surface area (Å²) in [6, 6.07) is 17.2. The number of guanidine groups is 1. The summed E-state index contributed by atoms with van der Waals surface area (Å²) >= 11 is 0. The number of hydrogen-bond donors (Lipinski definition) is 1. The van der Waals surface area contributed by atoms with Crippen molar-refractivity contribution in [2.45, 2.75) is 19.9 Å². The van der Waals surface area contributed by atoms with E-state index in [1.165, 1.54) is 16.7 Å². The Morgan fingerprint density at radius 3 is 2.50 bits per heavy atom. The fourth-order valence-electron chi connectivity index (χ4n) is 2.65. The van der Waals surface area contributed by atoms with Crippen LogP contribution in [0.1, 0.15) is 22.7 Å². The van der Waals surface area contributed by atoms with Crippen molar-refractivity contribution in [3.8, 4) is 0 Å². The first kappa shape index (κ1) is 12.7. The molecule has 0 fully saturated rings. The Labute approximate surface area is 119 Å². The van der Waals surface area contributed by atoms with Crippen molar-refractivity contribution in [3.05, 3.63) is 65.2 Å². The van der Waals surface area contributed by atoms with Crippen LogP contribution < -0.4 is 10.6 Å². The van der Waals surface area contributed by atoms with E-state index in [-0.39, 0.29) is 6.04 Å². The number of rotatable bonds is 2. The van der Waals surface area contributed by atoms with E-state index in [2.05, 4.69) is 72.3 Å². The molecule has 0 radical (unpaired) electrons. The summed E-state index contributed by atoms with van der Waals surface area (Å²) in [5.41, 5.74) is 11.0. The van der Waals surface area contributed by atoms with Gasteiger partial charge in [0.25, 0.3) is 0 Å². The van der Waals surface area contributed by atoms with E-state index in [0.29, 0.717) is 12.5 Å². The van der Waals surface area contributed by atoms with Crippen LogP contribution in [0, 0.1) is 13.8 Å². The van der Waals surface area contributed by atoms with E-state index >= 15 is 0 Å². The van der Waals surface area contributed by atoms with Crippen LogP contribution in [0.2, 0.25) is 0 Å². The molecule has 0 aliphatic carbocycles. The minimum absolute atomic E-state index is 0.192. The summed E-state index contributed by atoms with van der Waals surface area (Å²) in [5.74, 6) is 0.598. The highest BCUT2D eigenvalue weighted by molar-refractivity contribution is 5.97. The summed E-state index contributed by atoms with van der Waals surface area (Å²) in [7, 11) is 0. The molecule has 20 heavy (non-hydrogen) atoms. The Morgan fingerprint density at radius 2 is 1.80 bits per heavy atom. The summed E-state index contributed by atoms with van der Waals surface area (Å²) in [6.45, 7) is 4.91. The molecular weight excluding hydrogens is 246 g/mol. The molecule has 1 unspecified atom stereocenters. The van der Waals surface area contributed by atoms with Gasteiger partial charge in [-0.2, -0.15) is 0 Å². The Bertz CT molecular complexity index is 644. The molecule has 2 aromatic carbocycles. The molecule has 102 valence electrons. The van der Waals surface area contributed by atoms with Crippen molar-refractivity contribution in [1.29, 1.82) is 0 Å². The molecule has 3 rings (SSSR count). The smallest absolute Gasteiger partial charge is 0.196 e. The van der Waals surface area contributed by atoms with E-state index in [9.17, 15) is 0 Å². The maximum atomic E-state index is 6.09. The predicted molar refractivity (Wildman–Crippen MR) is 84.1 cm³/mol. The average Bonchev–Trinajstić information content (AvgIpc) is 2.82. The topological polar surface area (TPSA) is 41.6 Å². The molecule has 0 bridgehead atoms. The number of hydrogen-bond acceptors (Lipinski definition) is 3. The normalized spacial score (nSPS) is 18.2. The molecule has 2 aromatic rings. The summed E-state index contributed by atoms with van der Waals surface area (Å²) in [4.78, 5) is 6.54. The van der Waals surface area contributed by atoms with E-state index in [0.717, 1.165) is 5.69 Å². The Morgan fingerprint density at radius 1 is 1.05 bits per heavy atom. The molecule has 0 saturated carbocycles. The van der Waals surface area contributed by atoms with Gasteiger partial charge in [0.05, 0.1) is 12.6 Å². The van der Waals surface area contributed by atoms with Gasteiger partial charge in [-0.1, -0.05) is 47.5 Å². The Kier molecular flexibility index (Phi) is 3.18. The molecule has 0 spiro atoms. The van der Waals surface area contributed by atoms with E-state index in [1.807, 2.05) is 0 Å². The SMILES string of the molecule is Cc1ccc(N2C(N)=NCC2c2cccc(C)c2)cc1. The third kappa shape index (κ3) is 2.27. The lowest BCUT2D eigenvalue weighted by Gasteiger charge is -2.27. The summed E-state index contributed by atoms with van der Waals surface area (Å²) < 4.78 is 0. The van der Waals surface area contributed by atoms with Crippen molar-refractivity contribution in [3.63, 3.8) is 0 Å². The third-order valence-corrected chi connectivity index (χ3v) is 3.72. The first-order valence-electron chi connectivity index (χ1n) is 6.87. The minimum atomic E-state index is 0.192. The van der Waals surface area contributed by atoms with Gasteiger partial charge < -0.3 is 10.6 Å². The molecule has 1 aliphatic heterocycles. The van der Waals surface area contributed by atoms with Gasteiger partial charge in [0, 0.05) is 5.69 Å². The number of nitrogens with zero attached hydrogens (tertiary/aromatic N) is 2. The second-order valence-electron chi connectivity index (χ2n) is 5.33. The molecule has 0 saturated heterocycles. The van der Waals surface area contributed by atoms with Crippen LogP contribution in [0.4, 0.5) is 5.69 Å². The van der Waals surface area contributed by atoms with Crippen LogP contribution in [-0.4, -0.2) is 12.5 Å². The highest BCUT2D eigenvalue weighted by Crippen LogP contribution is 2.31. The second-order valence-corrected chi connectivity index (χ2v) is 5.33. The van der Waals surface area contributed by atoms with Crippen LogP contribution in [-0.2, 0) is 0 Å². The average molecular weight is 265 g/mol. The summed E-state index contributed by atoms with van der Waals surface area (Å²) in [5, 5.41) is 0. The number of benzene rings is 2. The molecule has 1 atom stereocenters. The van der Waals surface area contributed by atoms with Gasteiger partial charge in [-0.05, 0) is 31.5 Å². The van der Waals surface area contributed by atoms with Gasteiger partial charge in [0.2, 0.25) is 0 Å². The standard InChI is InChI=1S/C17H19N3/c1-12-6-8-15(9-7-12)20-16(11-19-17(20)18)14-5-3-4-13(2)10-14/h3-10,16H,11H2,1-2H3,(H2,18,19). The van der Waals surface area contributed by atoms with Gasteiger partial charge in [0.15, 0.2) is 5.96 Å². The lowest BCUT2D eigenvalue weighted by Crippen LogP contribution is -2.36. The number of anilines is 1. The second kappa shape index (κ2) is 5.00. The molecule has 1 heterocycles. The van der Waals surface area contributed by atoms with Crippen LogP contribution in [0.5, 0.6) is 0 Å². The lowest BCUT2D eigenvalue weighted by atomic mass is 10.0. The fraction of sp³-hybridized carbons (Fsp3) is 0.235. The maximum Gasteiger partial charge on any atom is 0.196 e. The van der Waals surface area contributed by atoms with Crippen molar-refractivity contribution >= 4 is 11.6 Å². The Balaban J connectivity index is 1.98. The summed E-state index contributed by atoms with van der Waals surface area (Å²) in [6.07, 6.45) is 0. The van der Waals surface area contributed by atoms with Gasteiger partial charge in [-0.25, -0.2) is 0 Å². The highest BCUT2D eigenvalue weighted by Gasteiger charge is 2.28. The molecule has 0 amide bonds. The molecule has 3 nitrogen and oxygen atoms in total. The van der Waals surface area contributed by atoms with Crippen molar-refractivity contribution in [2.24, 2.45) is 10.7 Å². The fourth-order valence-corrected chi connectivity index (χ4v) is 2.65. The molecular formula is C17H19N3. The zero-order valence-electron chi connectivity index (χ0n) is 11.9. The number of aryl methyl sites for hydroxylation is 2. The first-order valence-corrected chi connectivity index (χ1v) is 6.87. The molecule has 3 heteroatoms. The van der Waals surface area contributed by atoms with Crippen molar-refractivity contribution in [2.75, 3.05) is 11.4 Å². The zero-order valence-corrected chi connectivity index (χ0v) is 11.9. The van der Waals surface area contributed by atoms with Crippen LogP contribution in [0.25, 0.3) is 0 Å². The largest absolute Gasteiger partial charge is 0.369 e. The van der Waals surface area contributed by atoms with Crippen molar-refractivity contribution in [1.82, 2.24) is 0 Å². The van der Waals surface area contributed by atoms with Gasteiger partial charge >= 0.3 is 0 Å². The van der Waals surface area contributed by atoms with E-state index in [1.54, 1.807) is 0 Å². The predicted octanol–water partition coefficient (Wildman–Crippen LogP) is 3.18. The quantitative estimate of drug-likeness (QED) is 0.906.